The van der Waals surface area contributed by atoms with Crippen molar-refractivity contribution in [1.29, 1.82) is 0 Å². The Bertz CT molecular complexity index is 713. The SMILES string of the molecule is COc1ccccc1C(C)NC(=O)CO/N=C/c1ccccc1C. The summed E-state index contributed by atoms with van der Waals surface area (Å²) >= 11 is 0. The monoisotopic (exact) mass is 326 g/mol. The van der Waals surface area contributed by atoms with Gasteiger partial charge in [-0.3, -0.25) is 4.79 Å². The molecule has 5 heteroatoms. The summed E-state index contributed by atoms with van der Waals surface area (Å²) in [4.78, 5) is 17.0. The van der Waals surface area contributed by atoms with Crippen LogP contribution in [-0.2, 0) is 9.63 Å². The maximum Gasteiger partial charge on any atom is 0.261 e. The zero-order valence-corrected chi connectivity index (χ0v) is 14.2. The lowest BCUT2D eigenvalue weighted by molar-refractivity contribution is -0.126. The molecule has 0 bridgehead atoms. The standard InChI is InChI=1S/C19H22N2O3/c1-14-8-4-5-9-16(14)12-20-24-13-19(22)21-15(2)17-10-6-7-11-18(17)23-3/h4-12,15H,13H2,1-3H3,(H,21,22)/b20-12+. The summed E-state index contributed by atoms with van der Waals surface area (Å²) in [5.74, 6) is 0.499. The third-order valence-corrected chi connectivity index (χ3v) is 3.63. The number of hydrogen-bond acceptors (Lipinski definition) is 4. The first-order valence-corrected chi connectivity index (χ1v) is 7.75. The quantitative estimate of drug-likeness (QED) is 0.628. The van der Waals surface area contributed by atoms with Crippen LogP contribution in [0.3, 0.4) is 0 Å². The number of hydrogen-bond donors (Lipinski definition) is 1. The van der Waals surface area contributed by atoms with Gasteiger partial charge < -0.3 is 14.9 Å². The van der Waals surface area contributed by atoms with Crippen LogP contribution in [-0.4, -0.2) is 25.8 Å². The highest BCUT2D eigenvalue weighted by molar-refractivity contribution is 5.81. The smallest absolute Gasteiger partial charge is 0.261 e. The third-order valence-electron chi connectivity index (χ3n) is 3.63. The van der Waals surface area contributed by atoms with E-state index in [-0.39, 0.29) is 18.6 Å². The maximum atomic E-state index is 12.0. The van der Waals surface area contributed by atoms with Crippen LogP contribution < -0.4 is 10.1 Å². The van der Waals surface area contributed by atoms with Crippen molar-refractivity contribution in [2.24, 2.45) is 5.16 Å². The van der Waals surface area contributed by atoms with Crippen molar-refractivity contribution in [1.82, 2.24) is 5.32 Å². The fourth-order valence-electron chi connectivity index (χ4n) is 2.31. The molecule has 1 unspecified atom stereocenters. The van der Waals surface area contributed by atoms with Crippen molar-refractivity contribution in [2.75, 3.05) is 13.7 Å². The van der Waals surface area contributed by atoms with Crippen LogP contribution in [0.25, 0.3) is 0 Å². The van der Waals surface area contributed by atoms with E-state index in [0.29, 0.717) is 0 Å². The normalized spacial score (nSPS) is 12.0. The van der Waals surface area contributed by atoms with Gasteiger partial charge in [0.05, 0.1) is 19.4 Å². The molecule has 0 saturated heterocycles. The predicted molar refractivity (Wildman–Crippen MR) is 94.3 cm³/mol. The predicted octanol–water partition coefficient (Wildman–Crippen LogP) is 3.23. The Morgan fingerprint density at radius 1 is 1.21 bits per heavy atom. The molecular formula is C19H22N2O3. The van der Waals surface area contributed by atoms with Crippen molar-refractivity contribution in [2.45, 2.75) is 19.9 Å². The topological polar surface area (TPSA) is 59.9 Å². The Morgan fingerprint density at radius 2 is 1.92 bits per heavy atom. The highest BCUT2D eigenvalue weighted by atomic mass is 16.6. The number of amides is 1. The van der Waals surface area contributed by atoms with Gasteiger partial charge in [-0.25, -0.2) is 0 Å². The number of para-hydroxylation sites is 1. The van der Waals surface area contributed by atoms with Crippen molar-refractivity contribution >= 4 is 12.1 Å². The Morgan fingerprint density at radius 3 is 2.67 bits per heavy atom. The van der Waals surface area contributed by atoms with E-state index >= 15 is 0 Å². The van der Waals surface area contributed by atoms with Crippen molar-refractivity contribution in [3.63, 3.8) is 0 Å². The van der Waals surface area contributed by atoms with Crippen molar-refractivity contribution < 1.29 is 14.4 Å². The second-order valence-corrected chi connectivity index (χ2v) is 5.40. The first kappa shape index (κ1) is 17.5. The number of ether oxygens (including phenoxy) is 1. The molecule has 0 fully saturated rings. The molecule has 1 N–H and O–H groups in total. The Kier molecular flexibility index (Phi) is 6.37. The van der Waals surface area contributed by atoms with Gasteiger partial charge in [0.25, 0.3) is 5.91 Å². The molecule has 0 aromatic heterocycles. The highest BCUT2D eigenvalue weighted by Crippen LogP contribution is 2.24. The summed E-state index contributed by atoms with van der Waals surface area (Å²) in [5.41, 5.74) is 2.97. The van der Waals surface area contributed by atoms with Crippen LogP contribution in [0, 0.1) is 6.92 Å². The van der Waals surface area contributed by atoms with Gasteiger partial charge in [0.15, 0.2) is 6.61 Å². The van der Waals surface area contributed by atoms with Crippen molar-refractivity contribution in [3.05, 3.63) is 65.2 Å². The van der Waals surface area contributed by atoms with E-state index < -0.39 is 0 Å². The number of carbonyl (C=O) groups excluding carboxylic acids is 1. The van der Waals surface area contributed by atoms with E-state index in [1.54, 1.807) is 13.3 Å². The van der Waals surface area contributed by atoms with Gasteiger partial charge in [0.1, 0.15) is 5.75 Å². The van der Waals surface area contributed by atoms with E-state index in [9.17, 15) is 4.79 Å². The number of carbonyl (C=O) groups is 1. The zero-order valence-electron chi connectivity index (χ0n) is 14.2. The number of benzene rings is 2. The van der Waals surface area contributed by atoms with Crippen LogP contribution in [0.4, 0.5) is 0 Å². The Hall–Kier alpha value is -2.82. The first-order chi connectivity index (χ1) is 11.6. The van der Waals surface area contributed by atoms with E-state index in [2.05, 4.69) is 10.5 Å². The summed E-state index contributed by atoms with van der Waals surface area (Å²) in [6.45, 7) is 3.75. The lowest BCUT2D eigenvalue weighted by Gasteiger charge is -2.16. The lowest BCUT2D eigenvalue weighted by Crippen LogP contribution is -2.29. The van der Waals surface area contributed by atoms with E-state index in [0.717, 1.165) is 22.4 Å². The summed E-state index contributed by atoms with van der Waals surface area (Å²) in [7, 11) is 1.61. The molecule has 0 aliphatic heterocycles. The van der Waals surface area contributed by atoms with Crippen LogP contribution in [0.1, 0.15) is 29.7 Å². The third kappa shape index (κ3) is 4.84. The van der Waals surface area contributed by atoms with Gasteiger partial charge >= 0.3 is 0 Å². The van der Waals surface area contributed by atoms with Crippen LogP contribution in [0.5, 0.6) is 5.75 Å². The summed E-state index contributed by atoms with van der Waals surface area (Å²) in [5, 5.41) is 6.71. The Labute approximate surface area is 142 Å². The number of methoxy groups -OCH3 is 1. The minimum atomic E-state index is -0.240. The zero-order chi connectivity index (χ0) is 17.4. The van der Waals surface area contributed by atoms with Gasteiger partial charge in [-0.2, -0.15) is 0 Å². The van der Waals surface area contributed by atoms with Gasteiger partial charge in [0, 0.05) is 5.56 Å². The molecule has 0 aliphatic rings. The number of nitrogens with one attached hydrogen (secondary N) is 1. The molecule has 2 aromatic rings. The minimum Gasteiger partial charge on any atom is -0.496 e. The highest BCUT2D eigenvalue weighted by Gasteiger charge is 2.13. The van der Waals surface area contributed by atoms with Crippen LogP contribution in [0.2, 0.25) is 0 Å². The average Bonchev–Trinajstić information content (AvgIpc) is 2.60. The minimum absolute atomic E-state index is 0.137. The van der Waals surface area contributed by atoms with E-state index in [1.165, 1.54) is 0 Å². The summed E-state index contributed by atoms with van der Waals surface area (Å²) < 4.78 is 5.30. The Balaban J connectivity index is 1.84. The molecule has 0 spiro atoms. The molecule has 0 heterocycles. The average molecular weight is 326 g/mol. The van der Waals surface area contributed by atoms with Gasteiger partial charge in [0.2, 0.25) is 0 Å². The second kappa shape index (κ2) is 8.72. The number of aryl methyl sites for hydroxylation is 1. The first-order valence-electron chi connectivity index (χ1n) is 7.75. The van der Waals surface area contributed by atoms with Gasteiger partial charge in [-0.05, 0) is 31.0 Å². The van der Waals surface area contributed by atoms with Gasteiger partial charge in [-0.15, -0.1) is 0 Å². The molecule has 2 aromatic carbocycles. The molecule has 126 valence electrons. The summed E-state index contributed by atoms with van der Waals surface area (Å²) in [6.07, 6.45) is 1.60. The molecule has 24 heavy (non-hydrogen) atoms. The summed E-state index contributed by atoms with van der Waals surface area (Å²) in [6, 6.07) is 15.2. The molecule has 0 aliphatic carbocycles. The molecule has 2 rings (SSSR count). The molecule has 0 saturated carbocycles. The largest absolute Gasteiger partial charge is 0.496 e. The van der Waals surface area contributed by atoms with Crippen LogP contribution in [0.15, 0.2) is 53.7 Å². The fraction of sp³-hybridized carbons (Fsp3) is 0.263. The van der Waals surface area contributed by atoms with E-state index in [1.807, 2.05) is 62.4 Å². The molecule has 1 amide bonds. The van der Waals surface area contributed by atoms with Crippen LogP contribution >= 0.6 is 0 Å². The number of oxime groups is 1. The molecule has 0 radical (unpaired) electrons. The van der Waals surface area contributed by atoms with E-state index in [4.69, 9.17) is 9.57 Å². The number of rotatable bonds is 7. The maximum absolute atomic E-state index is 12.0. The molecular weight excluding hydrogens is 304 g/mol. The molecule has 1 atom stereocenters. The fourth-order valence-corrected chi connectivity index (χ4v) is 2.31. The lowest BCUT2D eigenvalue weighted by atomic mass is 10.1. The molecule has 5 nitrogen and oxygen atoms in total. The van der Waals surface area contributed by atoms with Gasteiger partial charge in [-0.1, -0.05) is 47.6 Å². The second-order valence-electron chi connectivity index (χ2n) is 5.40. The van der Waals surface area contributed by atoms with Crippen molar-refractivity contribution in [3.8, 4) is 5.75 Å². The number of nitrogens with zero attached hydrogens (tertiary/aromatic N) is 1.